The number of hydrogen-bond donors (Lipinski definition) is 3. The van der Waals surface area contributed by atoms with E-state index in [9.17, 15) is 14.4 Å². The van der Waals surface area contributed by atoms with Crippen molar-refractivity contribution >= 4 is 17.8 Å². The second-order valence-electron chi connectivity index (χ2n) is 3.16. The zero-order valence-electron chi connectivity index (χ0n) is 8.61. The maximum absolute atomic E-state index is 11.4. The van der Waals surface area contributed by atoms with Crippen molar-refractivity contribution in [3.8, 4) is 0 Å². The Labute approximate surface area is 95.0 Å². The summed E-state index contributed by atoms with van der Waals surface area (Å²) in [6.07, 6.45) is 2.10. The molecule has 92 valence electrons. The fourth-order valence-electron chi connectivity index (χ4n) is 1.08. The number of nitrogens with one attached hydrogen (secondary N) is 1. The maximum atomic E-state index is 11.4. The van der Waals surface area contributed by atoms with Crippen LogP contribution in [0.3, 0.4) is 0 Å². The normalized spacial score (nSPS) is 11.8. The lowest BCUT2D eigenvalue weighted by molar-refractivity contribution is -0.147. The topological polar surface area (TPSA) is 134 Å². The molecule has 1 amide bonds. The van der Waals surface area contributed by atoms with E-state index in [0.717, 1.165) is 0 Å². The molecule has 9 heteroatoms. The van der Waals surface area contributed by atoms with Gasteiger partial charge in [-0.1, -0.05) is 5.21 Å². The Morgan fingerprint density at radius 2 is 2.06 bits per heavy atom. The highest BCUT2D eigenvalue weighted by Gasteiger charge is 2.22. The molecule has 9 nitrogen and oxygen atoms in total. The van der Waals surface area contributed by atoms with E-state index in [-0.39, 0.29) is 6.54 Å². The molecule has 0 saturated heterocycles. The van der Waals surface area contributed by atoms with Gasteiger partial charge in [-0.2, -0.15) is 0 Å². The lowest BCUT2D eigenvalue weighted by Crippen LogP contribution is -2.43. The highest BCUT2D eigenvalue weighted by atomic mass is 16.4. The second kappa shape index (κ2) is 5.58. The van der Waals surface area contributed by atoms with Crippen molar-refractivity contribution in [1.29, 1.82) is 0 Å². The van der Waals surface area contributed by atoms with Gasteiger partial charge in [0.05, 0.1) is 12.6 Å². The molecule has 0 unspecified atom stereocenters. The summed E-state index contributed by atoms with van der Waals surface area (Å²) in [4.78, 5) is 32.4. The van der Waals surface area contributed by atoms with E-state index in [1.807, 2.05) is 0 Å². The minimum absolute atomic E-state index is 0.219. The molecular weight excluding hydrogens is 232 g/mol. The van der Waals surface area contributed by atoms with E-state index in [4.69, 9.17) is 10.2 Å². The molecule has 1 heterocycles. The largest absolute Gasteiger partial charge is 0.481 e. The summed E-state index contributed by atoms with van der Waals surface area (Å²) in [5.74, 6) is -3.36. The van der Waals surface area contributed by atoms with Crippen molar-refractivity contribution in [1.82, 2.24) is 20.3 Å². The van der Waals surface area contributed by atoms with Gasteiger partial charge in [0.2, 0.25) is 5.91 Å². The van der Waals surface area contributed by atoms with Crippen molar-refractivity contribution in [2.24, 2.45) is 0 Å². The molecule has 0 aliphatic rings. The number of nitrogens with zero attached hydrogens (tertiary/aromatic N) is 3. The van der Waals surface area contributed by atoms with Crippen LogP contribution in [0.1, 0.15) is 6.42 Å². The number of hydrogen-bond acceptors (Lipinski definition) is 5. The van der Waals surface area contributed by atoms with Gasteiger partial charge in [0.1, 0.15) is 12.6 Å². The smallest absolute Gasteiger partial charge is 0.326 e. The van der Waals surface area contributed by atoms with Gasteiger partial charge in [0, 0.05) is 6.20 Å². The average molecular weight is 242 g/mol. The van der Waals surface area contributed by atoms with Crippen LogP contribution in [0.5, 0.6) is 0 Å². The van der Waals surface area contributed by atoms with Crippen molar-refractivity contribution < 1.29 is 24.6 Å². The summed E-state index contributed by atoms with van der Waals surface area (Å²) in [5.41, 5.74) is 0. The number of carbonyl (C=O) groups excluding carboxylic acids is 1. The molecule has 0 radical (unpaired) electrons. The Balaban J connectivity index is 2.52. The zero-order chi connectivity index (χ0) is 12.8. The number of rotatable bonds is 6. The van der Waals surface area contributed by atoms with Gasteiger partial charge in [-0.05, 0) is 0 Å². The summed E-state index contributed by atoms with van der Waals surface area (Å²) >= 11 is 0. The highest BCUT2D eigenvalue weighted by Crippen LogP contribution is 1.93. The first kappa shape index (κ1) is 12.6. The van der Waals surface area contributed by atoms with Crippen LogP contribution in [-0.2, 0) is 20.9 Å². The van der Waals surface area contributed by atoms with E-state index in [1.165, 1.54) is 17.1 Å². The number of aliphatic carboxylic acids is 2. The van der Waals surface area contributed by atoms with E-state index >= 15 is 0 Å². The molecule has 0 aliphatic heterocycles. The van der Waals surface area contributed by atoms with Gasteiger partial charge in [-0.3, -0.25) is 9.59 Å². The van der Waals surface area contributed by atoms with Crippen LogP contribution >= 0.6 is 0 Å². The van der Waals surface area contributed by atoms with Gasteiger partial charge in [-0.15, -0.1) is 5.10 Å². The summed E-state index contributed by atoms with van der Waals surface area (Å²) in [5, 5.41) is 26.2. The third-order valence-electron chi connectivity index (χ3n) is 1.79. The molecule has 0 fully saturated rings. The summed E-state index contributed by atoms with van der Waals surface area (Å²) < 4.78 is 1.19. The van der Waals surface area contributed by atoms with Crippen LogP contribution in [0, 0.1) is 0 Å². The van der Waals surface area contributed by atoms with Crippen LogP contribution < -0.4 is 5.32 Å². The fraction of sp³-hybridized carbons (Fsp3) is 0.375. The lowest BCUT2D eigenvalue weighted by atomic mass is 10.2. The molecule has 0 bridgehead atoms. The SMILES string of the molecule is O=C(O)C[C@@H](NC(=O)Cn1ccnn1)C(=O)O. The Hall–Kier alpha value is -2.45. The molecule has 1 rings (SSSR count). The predicted octanol–water partition coefficient (Wildman–Crippen LogP) is -1.68. The molecule has 17 heavy (non-hydrogen) atoms. The molecule has 1 atom stereocenters. The lowest BCUT2D eigenvalue weighted by Gasteiger charge is -2.11. The molecule has 1 aromatic heterocycles. The van der Waals surface area contributed by atoms with Crippen molar-refractivity contribution in [2.75, 3.05) is 0 Å². The molecule has 3 N–H and O–H groups in total. The van der Waals surface area contributed by atoms with Gasteiger partial charge < -0.3 is 15.5 Å². The number of aromatic nitrogens is 3. The molecule has 0 saturated carbocycles. The Kier molecular flexibility index (Phi) is 4.14. The van der Waals surface area contributed by atoms with Gasteiger partial charge in [0.15, 0.2) is 0 Å². The standard InChI is InChI=1S/C8H10N4O5/c13-6(4-12-2-1-9-11-12)10-5(8(16)17)3-7(14)15/h1-2,5H,3-4H2,(H,10,13)(H,14,15)(H,16,17)/t5-/m1/s1. The molecular formula is C8H10N4O5. The number of amides is 1. The fourth-order valence-corrected chi connectivity index (χ4v) is 1.08. The van der Waals surface area contributed by atoms with Crippen LogP contribution in [-0.4, -0.2) is 49.1 Å². The summed E-state index contributed by atoms with van der Waals surface area (Å²) in [6.45, 7) is -0.219. The Bertz CT molecular complexity index is 416. The molecule has 0 aliphatic carbocycles. The van der Waals surface area contributed by atoms with E-state index in [1.54, 1.807) is 0 Å². The first-order valence-electron chi connectivity index (χ1n) is 4.57. The zero-order valence-corrected chi connectivity index (χ0v) is 8.61. The van der Waals surface area contributed by atoms with Crippen LogP contribution in [0.4, 0.5) is 0 Å². The van der Waals surface area contributed by atoms with Crippen molar-refractivity contribution in [2.45, 2.75) is 19.0 Å². The van der Waals surface area contributed by atoms with Crippen LogP contribution in [0.2, 0.25) is 0 Å². The van der Waals surface area contributed by atoms with Crippen LogP contribution in [0.15, 0.2) is 12.4 Å². The molecule has 0 spiro atoms. The number of carbonyl (C=O) groups is 3. The van der Waals surface area contributed by atoms with Crippen molar-refractivity contribution in [3.63, 3.8) is 0 Å². The van der Waals surface area contributed by atoms with E-state index in [0.29, 0.717) is 0 Å². The number of carboxylic acid groups (broad SMARTS) is 2. The van der Waals surface area contributed by atoms with Gasteiger partial charge >= 0.3 is 11.9 Å². The predicted molar refractivity (Wildman–Crippen MR) is 51.8 cm³/mol. The monoisotopic (exact) mass is 242 g/mol. The Morgan fingerprint density at radius 3 is 2.53 bits per heavy atom. The van der Waals surface area contributed by atoms with E-state index in [2.05, 4.69) is 15.6 Å². The Morgan fingerprint density at radius 1 is 1.35 bits per heavy atom. The highest BCUT2D eigenvalue weighted by molar-refractivity contribution is 5.86. The second-order valence-corrected chi connectivity index (χ2v) is 3.16. The first-order chi connectivity index (χ1) is 7.99. The summed E-state index contributed by atoms with van der Waals surface area (Å²) in [7, 11) is 0. The quantitative estimate of drug-likeness (QED) is 0.542. The average Bonchev–Trinajstić information content (AvgIpc) is 2.68. The third kappa shape index (κ3) is 4.28. The van der Waals surface area contributed by atoms with Crippen molar-refractivity contribution in [3.05, 3.63) is 12.4 Å². The van der Waals surface area contributed by atoms with E-state index < -0.39 is 30.3 Å². The molecule has 0 aromatic carbocycles. The first-order valence-corrected chi connectivity index (χ1v) is 4.57. The molecule has 1 aromatic rings. The van der Waals surface area contributed by atoms with Gasteiger partial charge in [0.25, 0.3) is 0 Å². The number of carboxylic acids is 2. The third-order valence-corrected chi connectivity index (χ3v) is 1.79. The minimum atomic E-state index is -1.46. The maximum Gasteiger partial charge on any atom is 0.326 e. The van der Waals surface area contributed by atoms with Crippen LogP contribution in [0.25, 0.3) is 0 Å². The summed E-state index contributed by atoms with van der Waals surface area (Å²) in [6, 6.07) is -1.46. The van der Waals surface area contributed by atoms with Gasteiger partial charge in [-0.25, -0.2) is 9.48 Å². The minimum Gasteiger partial charge on any atom is -0.481 e.